The first-order chi connectivity index (χ1) is 9.49. The van der Waals surface area contributed by atoms with Gasteiger partial charge >= 0.3 is 12.4 Å². The zero-order valence-electron chi connectivity index (χ0n) is 10.1. The molecule has 10 heteroatoms. The molecule has 0 saturated heterocycles. The minimum Gasteiger partial charge on any atom is -0.346 e. The first kappa shape index (κ1) is 15.6. The first-order valence-electron chi connectivity index (χ1n) is 5.49. The number of hydrogen-bond acceptors (Lipinski definition) is 4. The summed E-state index contributed by atoms with van der Waals surface area (Å²) in [6, 6.07) is 3.47. The molecular weight excluding hydrogens is 306 g/mol. The highest BCUT2D eigenvalue weighted by Gasteiger charge is 2.46. The number of aliphatic imine (C=N–C) groups is 1. The van der Waals surface area contributed by atoms with Crippen molar-refractivity contribution in [2.75, 3.05) is 0 Å². The van der Waals surface area contributed by atoms with Crippen molar-refractivity contribution in [2.24, 2.45) is 4.99 Å². The van der Waals surface area contributed by atoms with Gasteiger partial charge in [-0.2, -0.15) is 26.3 Å². The van der Waals surface area contributed by atoms with Gasteiger partial charge in [-0.15, -0.1) is 0 Å². The molecule has 0 amide bonds. The molecule has 1 aromatic carbocycles. The van der Waals surface area contributed by atoms with E-state index in [0.717, 1.165) is 24.3 Å². The number of hydrogen-bond donors (Lipinski definition) is 2. The van der Waals surface area contributed by atoms with Gasteiger partial charge in [0.1, 0.15) is 6.42 Å². The normalized spacial score (nSPS) is 22.9. The van der Waals surface area contributed by atoms with Gasteiger partial charge in [-0.25, -0.2) is 15.3 Å². The van der Waals surface area contributed by atoms with Crippen molar-refractivity contribution in [3.05, 3.63) is 35.4 Å². The fourth-order valence-corrected chi connectivity index (χ4v) is 1.63. The van der Waals surface area contributed by atoms with Crippen LogP contribution in [0.25, 0.3) is 0 Å². The van der Waals surface area contributed by atoms with Gasteiger partial charge in [0.15, 0.2) is 5.84 Å². The Hall–Kier alpha value is -1.81. The van der Waals surface area contributed by atoms with Gasteiger partial charge in [0.05, 0.1) is 5.56 Å². The molecule has 21 heavy (non-hydrogen) atoms. The fraction of sp³-hybridized carbons (Fsp3) is 0.364. The molecule has 1 aliphatic heterocycles. The van der Waals surface area contributed by atoms with Crippen molar-refractivity contribution in [2.45, 2.75) is 24.7 Å². The molecule has 1 atom stereocenters. The summed E-state index contributed by atoms with van der Waals surface area (Å²) in [6.07, 6.45) is -11.0. The van der Waals surface area contributed by atoms with E-state index in [1.807, 2.05) is 5.48 Å². The third kappa shape index (κ3) is 3.85. The Balaban J connectivity index is 2.20. The average molecular weight is 314 g/mol. The summed E-state index contributed by atoms with van der Waals surface area (Å²) < 4.78 is 73.7. The predicted molar refractivity (Wildman–Crippen MR) is 57.8 cm³/mol. The molecule has 0 saturated carbocycles. The Morgan fingerprint density at radius 1 is 1.10 bits per heavy atom. The SMILES string of the molecule is OC1(CC(F)(F)F)N=C(c2ccc(C(F)(F)F)cc2)NO1. The van der Waals surface area contributed by atoms with E-state index in [0.29, 0.717) is 0 Å². The Morgan fingerprint density at radius 2 is 1.67 bits per heavy atom. The van der Waals surface area contributed by atoms with Crippen molar-refractivity contribution in [3.63, 3.8) is 0 Å². The van der Waals surface area contributed by atoms with Crippen LogP contribution in [0.3, 0.4) is 0 Å². The van der Waals surface area contributed by atoms with Crippen LogP contribution in [0.2, 0.25) is 0 Å². The van der Waals surface area contributed by atoms with Crippen LogP contribution < -0.4 is 5.48 Å². The number of benzene rings is 1. The van der Waals surface area contributed by atoms with Gasteiger partial charge in [0.2, 0.25) is 0 Å². The molecule has 1 heterocycles. The third-order valence-corrected chi connectivity index (χ3v) is 2.51. The number of rotatable bonds is 2. The predicted octanol–water partition coefficient (Wildman–Crippen LogP) is 2.59. The Bertz CT molecular complexity index is 551. The number of hydroxylamine groups is 1. The Morgan fingerprint density at radius 3 is 2.14 bits per heavy atom. The standard InChI is InChI=1S/C11H8F6N2O2/c12-9(13,14)5-10(20)18-8(19-21-10)6-1-3-7(4-2-6)11(15,16)17/h1-4,20H,5H2,(H,18,19). The summed E-state index contributed by atoms with van der Waals surface area (Å²) in [5, 5.41) is 9.47. The topological polar surface area (TPSA) is 53.9 Å². The maximum absolute atomic E-state index is 12.4. The molecule has 2 rings (SSSR count). The summed E-state index contributed by atoms with van der Waals surface area (Å²) in [7, 11) is 0. The quantitative estimate of drug-likeness (QED) is 0.825. The molecule has 0 aliphatic carbocycles. The summed E-state index contributed by atoms with van der Waals surface area (Å²) in [6.45, 7) is 0. The van der Waals surface area contributed by atoms with Crippen LogP contribution in [0.4, 0.5) is 26.3 Å². The van der Waals surface area contributed by atoms with E-state index in [4.69, 9.17) is 0 Å². The maximum Gasteiger partial charge on any atom is 0.416 e. The van der Waals surface area contributed by atoms with Crippen LogP contribution in [-0.2, 0) is 11.0 Å². The largest absolute Gasteiger partial charge is 0.416 e. The van der Waals surface area contributed by atoms with E-state index in [2.05, 4.69) is 9.83 Å². The van der Waals surface area contributed by atoms with Gasteiger partial charge in [-0.1, -0.05) is 12.1 Å². The molecule has 1 aromatic rings. The molecule has 0 spiro atoms. The number of alkyl halides is 6. The second-order valence-corrected chi connectivity index (χ2v) is 4.27. The van der Waals surface area contributed by atoms with Crippen LogP contribution in [0.15, 0.2) is 29.3 Å². The molecule has 2 N–H and O–H groups in total. The Labute approximate surface area is 114 Å². The van der Waals surface area contributed by atoms with Crippen LogP contribution in [0.5, 0.6) is 0 Å². The van der Waals surface area contributed by atoms with Crippen molar-refractivity contribution >= 4 is 5.84 Å². The summed E-state index contributed by atoms with van der Waals surface area (Å²) in [4.78, 5) is 7.65. The fourth-order valence-electron chi connectivity index (χ4n) is 1.63. The number of nitrogens with zero attached hydrogens (tertiary/aromatic N) is 1. The molecule has 1 aliphatic rings. The number of amidine groups is 1. The van der Waals surface area contributed by atoms with E-state index in [-0.39, 0.29) is 11.4 Å². The smallest absolute Gasteiger partial charge is 0.346 e. The van der Waals surface area contributed by atoms with E-state index < -0.39 is 30.2 Å². The lowest BCUT2D eigenvalue weighted by Gasteiger charge is -2.17. The van der Waals surface area contributed by atoms with Gasteiger partial charge < -0.3 is 5.11 Å². The van der Waals surface area contributed by atoms with Crippen molar-refractivity contribution in [1.29, 1.82) is 0 Å². The van der Waals surface area contributed by atoms with Crippen LogP contribution >= 0.6 is 0 Å². The van der Waals surface area contributed by atoms with Crippen LogP contribution in [0.1, 0.15) is 17.5 Å². The van der Waals surface area contributed by atoms with E-state index in [1.54, 1.807) is 0 Å². The minimum atomic E-state index is -4.73. The molecular formula is C11H8F6N2O2. The van der Waals surface area contributed by atoms with Gasteiger partial charge in [0, 0.05) is 5.56 Å². The minimum absolute atomic E-state index is 0.0427. The van der Waals surface area contributed by atoms with Crippen molar-refractivity contribution in [3.8, 4) is 0 Å². The number of nitrogens with one attached hydrogen (secondary N) is 1. The van der Waals surface area contributed by atoms with E-state index >= 15 is 0 Å². The lowest BCUT2D eigenvalue weighted by molar-refractivity contribution is -0.266. The van der Waals surface area contributed by atoms with Crippen molar-refractivity contribution in [1.82, 2.24) is 5.48 Å². The average Bonchev–Trinajstić information content (AvgIpc) is 2.68. The lowest BCUT2D eigenvalue weighted by Crippen LogP contribution is -2.35. The molecule has 116 valence electrons. The third-order valence-electron chi connectivity index (χ3n) is 2.51. The number of halogens is 6. The van der Waals surface area contributed by atoms with Crippen LogP contribution in [-0.4, -0.2) is 23.0 Å². The van der Waals surface area contributed by atoms with Gasteiger partial charge in [-0.3, -0.25) is 0 Å². The summed E-state index contributed by atoms with van der Waals surface area (Å²) >= 11 is 0. The zero-order chi connectivity index (χ0) is 15.9. The summed E-state index contributed by atoms with van der Waals surface area (Å²) in [5.74, 6) is -3.13. The highest BCUT2D eigenvalue weighted by molar-refractivity contribution is 5.99. The maximum atomic E-state index is 12.4. The van der Waals surface area contributed by atoms with Crippen LogP contribution in [0, 0.1) is 0 Å². The molecule has 0 fully saturated rings. The Kier molecular flexibility index (Phi) is 3.62. The molecule has 1 unspecified atom stereocenters. The van der Waals surface area contributed by atoms with E-state index in [1.165, 1.54) is 0 Å². The highest BCUT2D eigenvalue weighted by atomic mass is 19.4. The van der Waals surface area contributed by atoms with Gasteiger partial charge in [-0.05, 0) is 12.1 Å². The summed E-state index contributed by atoms with van der Waals surface area (Å²) in [5.41, 5.74) is 1.09. The number of aliphatic hydroxyl groups is 1. The van der Waals surface area contributed by atoms with Crippen molar-refractivity contribution < 1.29 is 36.3 Å². The second-order valence-electron chi connectivity index (χ2n) is 4.27. The molecule has 0 aromatic heterocycles. The molecule has 0 radical (unpaired) electrons. The molecule has 0 bridgehead atoms. The van der Waals surface area contributed by atoms with Gasteiger partial charge in [0.25, 0.3) is 5.91 Å². The van der Waals surface area contributed by atoms with E-state index in [9.17, 15) is 31.4 Å². The second kappa shape index (κ2) is 4.88. The lowest BCUT2D eigenvalue weighted by atomic mass is 10.1. The molecule has 4 nitrogen and oxygen atoms in total. The monoisotopic (exact) mass is 314 g/mol. The first-order valence-corrected chi connectivity index (χ1v) is 5.49. The zero-order valence-corrected chi connectivity index (χ0v) is 10.1. The highest BCUT2D eigenvalue weighted by Crippen LogP contribution is 2.32.